The van der Waals surface area contributed by atoms with Crippen molar-refractivity contribution >= 4 is 30.6 Å². The molecule has 4 nitrogen and oxygen atoms in total. The zero-order valence-electron chi connectivity index (χ0n) is 3.45. The fraction of sp³-hybridized carbons (Fsp3) is 0. The molecule has 9 heavy (non-hydrogen) atoms. The molecule has 1 radical (unpaired) electrons. The SMILES string of the molecule is O=S(=O)([O-])[O-].[Cl][Fe][Cl].[Cu+2]. The first-order chi connectivity index (χ1) is 3.41. The van der Waals surface area contributed by atoms with Crippen molar-refractivity contribution in [2.24, 2.45) is 0 Å². The van der Waals surface area contributed by atoms with E-state index in [0.717, 1.165) is 0 Å². The number of rotatable bonds is 0. The van der Waals surface area contributed by atoms with Gasteiger partial charge in [0.2, 0.25) is 0 Å². The Bertz CT molecular complexity index is 113. The first kappa shape index (κ1) is 16.8. The van der Waals surface area contributed by atoms with Gasteiger partial charge in [-0.2, -0.15) is 0 Å². The summed E-state index contributed by atoms with van der Waals surface area (Å²) in [6, 6.07) is 0. The van der Waals surface area contributed by atoms with Gasteiger partial charge in [0.05, 0.1) is 0 Å². The Morgan fingerprint density at radius 1 is 1.22 bits per heavy atom. The molecule has 0 aromatic heterocycles. The molecule has 0 aliphatic carbocycles. The molecular weight excluding hydrogens is 286 g/mol. The maximum absolute atomic E-state index is 8.52. The maximum atomic E-state index is 8.52. The van der Waals surface area contributed by atoms with Crippen LogP contribution in [0.15, 0.2) is 0 Å². The van der Waals surface area contributed by atoms with E-state index in [-0.39, 0.29) is 30.2 Å². The second-order valence-electron chi connectivity index (χ2n) is 0.459. The van der Waals surface area contributed by atoms with Crippen LogP contribution in [-0.4, -0.2) is 17.5 Å². The van der Waals surface area contributed by atoms with Crippen molar-refractivity contribution in [3.05, 3.63) is 0 Å². The topological polar surface area (TPSA) is 80.3 Å². The van der Waals surface area contributed by atoms with Gasteiger partial charge in [-0.25, -0.2) is 0 Å². The summed E-state index contributed by atoms with van der Waals surface area (Å²) in [6.07, 6.45) is 0. The minimum atomic E-state index is -5.17. The van der Waals surface area contributed by atoms with E-state index in [2.05, 4.69) is 0 Å². The molecule has 0 amide bonds. The molecule has 9 heteroatoms. The third-order valence-corrected chi connectivity index (χ3v) is 0. The number of hydrogen-bond acceptors (Lipinski definition) is 4. The molecule has 63 valence electrons. The van der Waals surface area contributed by atoms with Crippen LogP contribution in [0.4, 0.5) is 0 Å². The van der Waals surface area contributed by atoms with Crippen molar-refractivity contribution in [2.75, 3.05) is 0 Å². The van der Waals surface area contributed by atoms with E-state index in [9.17, 15) is 0 Å². The summed E-state index contributed by atoms with van der Waals surface area (Å²) in [5, 5.41) is 0. The van der Waals surface area contributed by atoms with Gasteiger partial charge in [0.25, 0.3) is 0 Å². The minimum absolute atomic E-state index is 0. The monoisotopic (exact) mass is 285 g/mol. The van der Waals surface area contributed by atoms with Gasteiger partial charge in [0.1, 0.15) is 0 Å². The van der Waals surface area contributed by atoms with E-state index in [1.807, 2.05) is 0 Å². The summed E-state index contributed by atoms with van der Waals surface area (Å²) in [7, 11) is 4.36. The zero-order chi connectivity index (χ0) is 7.21. The quantitative estimate of drug-likeness (QED) is 0.358. The molecule has 0 aliphatic rings. The second-order valence-corrected chi connectivity index (χ2v) is 3.10. The van der Waals surface area contributed by atoms with Crippen LogP contribution < -0.4 is 0 Å². The van der Waals surface area contributed by atoms with Crippen LogP contribution in [0.2, 0.25) is 0 Å². The second kappa shape index (κ2) is 9.49. The van der Waals surface area contributed by atoms with Crippen LogP contribution >= 0.6 is 20.2 Å². The largest absolute Gasteiger partial charge is 2.00 e. The Hall–Kier alpha value is 1.49. The molecule has 0 atom stereocenters. The van der Waals surface area contributed by atoms with Crippen molar-refractivity contribution in [3.8, 4) is 0 Å². The maximum Gasteiger partial charge on any atom is 2.00 e. The third kappa shape index (κ3) is 240. The average molecular weight is 286 g/mol. The molecule has 0 saturated heterocycles. The molecular formula is Cl2CuFeO4S. The van der Waals surface area contributed by atoms with Gasteiger partial charge < -0.3 is 9.11 Å². The fourth-order valence-electron chi connectivity index (χ4n) is 0. The molecule has 0 unspecified atom stereocenters. The first-order valence-corrected chi connectivity index (χ1v) is 5.31. The van der Waals surface area contributed by atoms with Gasteiger partial charge in [0, 0.05) is 10.4 Å². The summed E-state index contributed by atoms with van der Waals surface area (Å²) in [4.78, 5) is 0. The summed E-state index contributed by atoms with van der Waals surface area (Å²) >= 11 is 0.194. The first-order valence-electron chi connectivity index (χ1n) is 0.934. The molecule has 0 saturated carbocycles. The predicted molar refractivity (Wildman–Crippen MR) is 22.2 cm³/mol. The molecule has 0 heterocycles. The van der Waals surface area contributed by atoms with Crippen molar-refractivity contribution < 1.29 is 47.7 Å². The van der Waals surface area contributed by atoms with Gasteiger partial charge in [0.15, 0.2) is 0 Å². The molecule has 0 aromatic rings. The summed E-state index contributed by atoms with van der Waals surface area (Å²) in [5.41, 5.74) is 0. The van der Waals surface area contributed by atoms with Crippen LogP contribution in [0.3, 0.4) is 0 Å². The average Bonchev–Trinajstić information content (AvgIpc) is 1.27. The Balaban J connectivity index is -0.0000000800. The standard InChI is InChI=1S/2ClH.Cu.Fe.H2O4S/c;;;;1-5(2,3)4/h2*1H;;;(H2,1,2,3,4)/q;;2*+2;/p-4. The number of hydrogen-bond donors (Lipinski definition) is 0. The van der Waals surface area contributed by atoms with E-state index >= 15 is 0 Å². The summed E-state index contributed by atoms with van der Waals surface area (Å²) in [6.45, 7) is 0. The molecule has 0 bridgehead atoms. The van der Waals surface area contributed by atoms with E-state index in [4.69, 9.17) is 37.7 Å². The summed E-state index contributed by atoms with van der Waals surface area (Å²) in [5.74, 6) is 0. The van der Waals surface area contributed by atoms with Crippen LogP contribution in [0.5, 0.6) is 0 Å². The Kier molecular flexibility index (Phi) is 17.8. The predicted octanol–water partition coefficient (Wildman–Crippen LogP) is 0.0360. The molecule has 0 rings (SSSR count). The number of halogens is 2. The van der Waals surface area contributed by atoms with Crippen LogP contribution in [0, 0.1) is 0 Å². The molecule has 0 aromatic carbocycles. The van der Waals surface area contributed by atoms with Crippen molar-refractivity contribution in [2.45, 2.75) is 0 Å². The van der Waals surface area contributed by atoms with Gasteiger partial charge >= 0.3 is 50.4 Å². The van der Waals surface area contributed by atoms with E-state index in [1.165, 1.54) is 0 Å². The van der Waals surface area contributed by atoms with E-state index < -0.39 is 10.4 Å². The van der Waals surface area contributed by atoms with E-state index in [0.29, 0.717) is 0 Å². The van der Waals surface area contributed by atoms with E-state index in [1.54, 1.807) is 0 Å². The van der Waals surface area contributed by atoms with Crippen molar-refractivity contribution in [1.29, 1.82) is 0 Å². The Labute approximate surface area is 78.0 Å². The molecule has 0 fully saturated rings. The van der Waals surface area contributed by atoms with Gasteiger partial charge in [-0.05, 0) is 0 Å². The smallest absolute Gasteiger partial charge is 2.00 e. The molecule has 0 aliphatic heterocycles. The van der Waals surface area contributed by atoms with Crippen LogP contribution in [0.1, 0.15) is 0 Å². The molecule has 0 N–H and O–H groups in total. The van der Waals surface area contributed by atoms with Crippen LogP contribution in [-0.2, 0) is 40.6 Å². The van der Waals surface area contributed by atoms with Crippen molar-refractivity contribution in [3.63, 3.8) is 0 Å². The third-order valence-electron chi connectivity index (χ3n) is 0. The normalized spacial score (nSPS) is 8.89. The molecule has 0 spiro atoms. The van der Waals surface area contributed by atoms with Crippen LogP contribution in [0.25, 0.3) is 0 Å². The fourth-order valence-corrected chi connectivity index (χ4v) is 0. The zero-order valence-corrected chi connectivity index (χ0v) is 7.83. The summed E-state index contributed by atoms with van der Waals surface area (Å²) < 4.78 is 34.1. The Morgan fingerprint density at radius 2 is 1.22 bits per heavy atom. The van der Waals surface area contributed by atoms with Gasteiger partial charge in [-0.15, -0.1) is 0 Å². The van der Waals surface area contributed by atoms with Gasteiger partial charge in [-0.1, -0.05) is 0 Å². The van der Waals surface area contributed by atoms with Gasteiger partial charge in [-0.3, -0.25) is 8.42 Å². The Morgan fingerprint density at radius 3 is 1.22 bits per heavy atom. The van der Waals surface area contributed by atoms with Crippen molar-refractivity contribution in [1.82, 2.24) is 0 Å². The minimum Gasteiger partial charge on any atom is 2.00 e.